The van der Waals surface area contributed by atoms with Gasteiger partial charge in [0.05, 0.1) is 32.2 Å². The van der Waals surface area contributed by atoms with Crippen molar-refractivity contribution in [1.29, 1.82) is 0 Å². The Bertz CT molecular complexity index is 1590. The number of hydrogen-bond donors (Lipinski definition) is 4. The average Bonchev–Trinajstić information content (AvgIpc) is 3.65. The van der Waals surface area contributed by atoms with Crippen LogP contribution in [0.15, 0.2) is 34.7 Å². The normalized spacial score (nSPS) is 15.2. The van der Waals surface area contributed by atoms with Crippen molar-refractivity contribution in [3.63, 3.8) is 0 Å². The lowest BCUT2D eigenvalue weighted by Gasteiger charge is -2.24. The van der Waals surface area contributed by atoms with Crippen LogP contribution in [0.1, 0.15) is 36.8 Å². The summed E-state index contributed by atoms with van der Waals surface area (Å²) in [6, 6.07) is 9.70. The van der Waals surface area contributed by atoms with E-state index in [0.29, 0.717) is 33.4 Å². The number of carboxylic acids is 4. The lowest BCUT2D eigenvalue weighted by molar-refractivity contribution is -0.144. The van der Waals surface area contributed by atoms with E-state index < -0.39 is 50.1 Å². The molecule has 1 aromatic rings. The van der Waals surface area contributed by atoms with Crippen molar-refractivity contribution in [2.24, 2.45) is 0 Å². The summed E-state index contributed by atoms with van der Waals surface area (Å²) in [6.07, 6.45) is 4.16. The van der Waals surface area contributed by atoms with Crippen LogP contribution in [-0.4, -0.2) is 106 Å². The molecule has 5 rings (SSSR count). The van der Waals surface area contributed by atoms with Crippen LogP contribution in [0.25, 0.3) is 22.3 Å². The Morgan fingerprint density at radius 3 is 1.80 bits per heavy atom. The summed E-state index contributed by atoms with van der Waals surface area (Å²) in [5, 5.41) is 39.4. The van der Waals surface area contributed by atoms with E-state index in [1.165, 1.54) is 9.80 Å². The number of rotatable bonds is 13. The fourth-order valence-corrected chi connectivity index (χ4v) is 6.26. The second-order valence-electron chi connectivity index (χ2n) is 11.5. The molecule has 0 saturated carbocycles. The van der Waals surface area contributed by atoms with Crippen molar-refractivity contribution < 1.29 is 44.0 Å². The van der Waals surface area contributed by atoms with E-state index in [1.807, 2.05) is 30.3 Å². The van der Waals surface area contributed by atoms with Gasteiger partial charge < -0.3 is 29.7 Å². The molecule has 2 fully saturated rings. The molecule has 0 radical (unpaired) electrons. The Morgan fingerprint density at radius 2 is 1.25 bits per heavy atom. The Balaban J connectivity index is 1.71. The first-order chi connectivity index (χ1) is 21.0. The predicted molar refractivity (Wildman–Crippen MR) is 160 cm³/mol. The second-order valence-corrected chi connectivity index (χ2v) is 11.5. The van der Waals surface area contributed by atoms with E-state index in [9.17, 15) is 39.6 Å². The summed E-state index contributed by atoms with van der Waals surface area (Å²) in [6.45, 7) is 1.68. The number of aliphatic carboxylic acids is 4. The quantitative estimate of drug-likeness (QED) is 0.163. The maximum atomic E-state index is 11.6. The summed E-state index contributed by atoms with van der Waals surface area (Å²) >= 11 is 0. The zero-order valence-electron chi connectivity index (χ0n) is 24.4. The molecule has 4 aliphatic rings. The molecular weight excluding hydrogens is 572 g/mol. The molecule has 0 aromatic heterocycles. The molecule has 0 spiro atoms. The topological polar surface area (TPSA) is 175 Å². The Kier molecular flexibility index (Phi) is 9.45. The highest BCUT2D eigenvalue weighted by molar-refractivity contribution is 5.89. The number of fused-ring (bicyclic) bond motifs is 2. The summed E-state index contributed by atoms with van der Waals surface area (Å²) in [5.74, 6) is -4.02. The van der Waals surface area contributed by atoms with Crippen LogP contribution < -0.4 is 14.8 Å². The highest BCUT2D eigenvalue weighted by atomic mass is 16.4. The minimum Gasteiger partial charge on any atom is -0.480 e. The molecule has 0 amide bonds. The van der Waals surface area contributed by atoms with Gasteiger partial charge in [-0.1, -0.05) is 0 Å². The number of carbonyl (C=O) groups is 4. The molecule has 234 valence electrons. The van der Waals surface area contributed by atoms with Crippen molar-refractivity contribution in [2.75, 3.05) is 57.3 Å². The molecule has 2 saturated heterocycles. The van der Waals surface area contributed by atoms with Gasteiger partial charge in [-0.15, -0.1) is 0 Å². The maximum Gasteiger partial charge on any atom is 0.317 e. The molecule has 0 unspecified atom stereocenters. The van der Waals surface area contributed by atoms with E-state index >= 15 is 0 Å². The van der Waals surface area contributed by atoms with Gasteiger partial charge in [-0.3, -0.25) is 29.0 Å². The van der Waals surface area contributed by atoms with Crippen molar-refractivity contribution >= 4 is 40.5 Å². The third kappa shape index (κ3) is 7.53. The summed E-state index contributed by atoms with van der Waals surface area (Å²) in [5.41, 5.74) is 3.52. The largest absolute Gasteiger partial charge is 0.480 e. The van der Waals surface area contributed by atoms with E-state index in [2.05, 4.69) is 9.48 Å². The lowest BCUT2D eigenvalue weighted by atomic mass is 9.98. The van der Waals surface area contributed by atoms with E-state index in [1.54, 1.807) is 0 Å². The monoisotopic (exact) mass is 609 g/mol. The molecule has 13 heteroatoms. The van der Waals surface area contributed by atoms with Crippen molar-refractivity contribution in [3.05, 3.63) is 46.8 Å². The molecule has 3 heterocycles. The molecule has 1 aliphatic carbocycles. The first-order valence-electron chi connectivity index (χ1n) is 14.7. The Hall–Kier alpha value is -4.49. The van der Waals surface area contributed by atoms with E-state index in [4.69, 9.17) is 4.42 Å². The summed E-state index contributed by atoms with van der Waals surface area (Å²) in [4.78, 5) is 51.2. The van der Waals surface area contributed by atoms with Crippen LogP contribution in [0.5, 0.6) is 0 Å². The molecule has 13 nitrogen and oxygen atoms in total. The number of anilines is 1. The van der Waals surface area contributed by atoms with Gasteiger partial charge >= 0.3 is 23.9 Å². The van der Waals surface area contributed by atoms with Gasteiger partial charge in [-0.05, 0) is 36.1 Å². The Morgan fingerprint density at radius 1 is 0.705 bits per heavy atom. The third-order valence-corrected chi connectivity index (χ3v) is 8.10. The lowest BCUT2D eigenvalue weighted by Crippen LogP contribution is -2.35. The van der Waals surface area contributed by atoms with Gasteiger partial charge in [0.1, 0.15) is 24.4 Å². The van der Waals surface area contributed by atoms with Crippen LogP contribution >= 0.6 is 0 Å². The van der Waals surface area contributed by atoms with Crippen LogP contribution in [0.2, 0.25) is 0 Å². The molecule has 4 N–H and O–H groups in total. The van der Waals surface area contributed by atoms with Crippen molar-refractivity contribution in [2.45, 2.75) is 38.8 Å². The highest BCUT2D eigenvalue weighted by Crippen LogP contribution is 2.36. The van der Waals surface area contributed by atoms with Crippen LogP contribution in [-0.2, 0) is 32.3 Å². The van der Waals surface area contributed by atoms with E-state index in [0.717, 1.165) is 62.9 Å². The zero-order valence-corrected chi connectivity index (χ0v) is 24.4. The number of carboxylic acid groups (broad SMARTS) is 4. The number of benzene rings is 2. The van der Waals surface area contributed by atoms with Crippen LogP contribution in [0.3, 0.4) is 0 Å². The third-order valence-electron chi connectivity index (χ3n) is 8.10. The van der Waals surface area contributed by atoms with Gasteiger partial charge in [-0.2, -0.15) is 0 Å². The first kappa shape index (κ1) is 31.0. The van der Waals surface area contributed by atoms with Gasteiger partial charge in [0.15, 0.2) is 0 Å². The van der Waals surface area contributed by atoms with Gasteiger partial charge in [0, 0.05) is 67.8 Å². The number of nitrogens with zero attached hydrogens (tertiary/aromatic N) is 4. The van der Waals surface area contributed by atoms with Crippen molar-refractivity contribution in [3.8, 4) is 11.3 Å². The number of hydrogen-bond acceptors (Lipinski definition) is 8. The fraction of sp³-hybridized carbons (Fsp3) is 0.452. The standard InChI is InChI=1S/C31H36N4O9/c36-28(37)16-32(17-29(38)39)14-20-9-22(34-5-1-2-6-34)11-26-24(20)13-25-21(15-33(18-30(40)41)19-31(42)43)10-23(12-27(25)44-26)35-7-3-4-8-35/h9-13H,1-8,14-19H2,(H3-,36,37,38,39,40,41,42,43)/p+1. The van der Waals surface area contributed by atoms with Gasteiger partial charge in [0.2, 0.25) is 5.36 Å². The SMILES string of the molecule is O=C(O)CN(CC(=O)O)Cc1cc(=[N+]2CCCC2)cc2oc3cc(N4CCCC4)cc(CN(CC(=O)O)CC(=O)O)c3cc1-2. The van der Waals surface area contributed by atoms with Crippen LogP contribution in [0, 0.1) is 0 Å². The van der Waals surface area contributed by atoms with Crippen molar-refractivity contribution in [1.82, 2.24) is 14.4 Å². The smallest absolute Gasteiger partial charge is 0.317 e. The summed E-state index contributed by atoms with van der Waals surface area (Å²) in [7, 11) is 0. The molecule has 44 heavy (non-hydrogen) atoms. The minimum atomic E-state index is -1.14. The van der Waals surface area contributed by atoms with Crippen LogP contribution in [0.4, 0.5) is 5.69 Å². The van der Waals surface area contributed by atoms with Gasteiger partial charge in [-0.25, -0.2) is 4.58 Å². The highest BCUT2D eigenvalue weighted by Gasteiger charge is 2.25. The van der Waals surface area contributed by atoms with E-state index in [-0.39, 0.29) is 13.1 Å². The molecular formula is C31H37N4O9+. The molecule has 3 aliphatic heterocycles. The zero-order chi connectivity index (χ0) is 31.4. The fourth-order valence-electron chi connectivity index (χ4n) is 6.26. The average molecular weight is 610 g/mol. The maximum absolute atomic E-state index is 11.6. The van der Waals surface area contributed by atoms with Gasteiger partial charge in [0.25, 0.3) is 0 Å². The minimum absolute atomic E-state index is 0.0448. The molecule has 1 aromatic carbocycles. The Labute approximate surface area is 253 Å². The molecule has 0 bridgehead atoms. The first-order valence-corrected chi connectivity index (χ1v) is 14.7. The summed E-state index contributed by atoms with van der Waals surface area (Å²) < 4.78 is 8.79. The second kappa shape index (κ2) is 13.4. The molecule has 0 atom stereocenters. The predicted octanol–water partition coefficient (Wildman–Crippen LogP) is 1.65.